The van der Waals surface area contributed by atoms with E-state index in [1.807, 2.05) is 6.07 Å². The highest BCUT2D eigenvalue weighted by Crippen LogP contribution is 2.31. The maximum atomic E-state index is 5.62. The molecule has 0 bridgehead atoms. The summed E-state index contributed by atoms with van der Waals surface area (Å²) in [6, 6.07) is 4.18. The van der Waals surface area contributed by atoms with E-state index in [2.05, 4.69) is 49.8 Å². The van der Waals surface area contributed by atoms with Gasteiger partial charge in [0.05, 0.1) is 5.52 Å². The fourth-order valence-corrected chi connectivity index (χ4v) is 3.19. The van der Waals surface area contributed by atoms with E-state index in [0.717, 1.165) is 20.9 Å². The molecule has 3 N–H and O–H groups in total. The monoisotopic (exact) mass is 330 g/mol. The van der Waals surface area contributed by atoms with Gasteiger partial charge >= 0.3 is 0 Å². The van der Waals surface area contributed by atoms with Crippen LogP contribution in [-0.4, -0.2) is 11.5 Å². The number of H-pyrrole nitrogens is 1. The molecule has 1 heterocycles. The van der Waals surface area contributed by atoms with Gasteiger partial charge < -0.3 is 10.7 Å². The number of aromatic nitrogens is 1. The van der Waals surface area contributed by atoms with Crippen molar-refractivity contribution in [1.29, 1.82) is 0 Å². The van der Waals surface area contributed by atoms with Crippen LogP contribution in [-0.2, 0) is 6.42 Å². The van der Waals surface area contributed by atoms with Gasteiger partial charge in [0.2, 0.25) is 0 Å². The Morgan fingerprint density at radius 1 is 1.33 bits per heavy atom. The van der Waals surface area contributed by atoms with Gasteiger partial charge in [0.25, 0.3) is 0 Å². The molecule has 0 aliphatic rings. The van der Waals surface area contributed by atoms with Crippen LogP contribution in [0.5, 0.6) is 0 Å². The lowest BCUT2D eigenvalue weighted by atomic mass is 10.1. The SMILES string of the molecule is Cc1[nH]c2c(Br)cc(Br)cc2c1CCN. The molecule has 0 saturated heterocycles. The molecule has 15 heavy (non-hydrogen) atoms. The Labute approximate surface area is 105 Å². The van der Waals surface area contributed by atoms with Crippen molar-refractivity contribution in [2.45, 2.75) is 13.3 Å². The number of benzene rings is 1. The molecule has 0 radical (unpaired) electrons. The van der Waals surface area contributed by atoms with Gasteiger partial charge in [-0.1, -0.05) is 15.9 Å². The van der Waals surface area contributed by atoms with Gasteiger partial charge in [0.15, 0.2) is 0 Å². The summed E-state index contributed by atoms with van der Waals surface area (Å²) >= 11 is 7.06. The molecule has 0 aliphatic heterocycles. The van der Waals surface area contributed by atoms with Crippen LogP contribution in [0, 0.1) is 6.92 Å². The molecule has 4 heteroatoms. The summed E-state index contributed by atoms with van der Waals surface area (Å²) in [6.07, 6.45) is 0.911. The van der Waals surface area contributed by atoms with Crippen LogP contribution in [0.4, 0.5) is 0 Å². The quantitative estimate of drug-likeness (QED) is 0.868. The molecule has 2 aromatic rings. The minimum absolute atomic E-state index is 0.678. The number of nitrogens with two attached hydrogens (primary N) is 1. The van der Waals surface area contributed by atoms with Crippen LogP contribution in [0.15, 0.2) is 21.1 Å². The predicted octanol–water partition coefficient (Wildman–Crippen LogP) is 3.50. The number of aryl methyl sites for hydroxylation is 1. The molecule has 0 aliphatic carbocycles. The van der Waals surface area contributed by atoms with Crippen LogP contribution in [0.1, 0.15) is 11.3 Å². The Balaban J connectivity index is 2.74. The van der Waals surface area contributed by atoms with Crippen molar-refractivity contribution in [2.75, 3.05) is 6.54 Å². The molecule has 80 valence electrons. The lowest BCUT2D eigenvalue weighted by Crippen LogP contribution is -2.03. The molecule has 1 aromatic heterocycles. The number of hydrogen-bond acceptors (Lipinski definition) is 1. The summed E-state index contributed by atoms with van der Waals surface area (Å²) in [7, 11) is 0. The summed E-state index contributed by atoms with van der Waals surface area (Å²) in [5.74, 6) is 0. The standard InChI is InChI=1S/C11H12Br2N2/c1-6-8(2-3-14)9-4-7(12)5-10(13)11(9)15-6/h4-5,15H,2-3,14H2,1H3. The van der Waals surface area contributed by atoms with Crippen molar-refractivity contribution < 1.29 is 0 Å². The minimum atomic E-state index is 0.678. The zero-order valence-electron chi connectivity index (χ0n) is 8.40. The second-order valence-corrected chi connectivity index (χ2v) is 5.35. The molecular formula is C11H12Br2N2. The summed E-state index contributed by atoms with van der Waals surface area (Å²) in [4.78, 5) is 3.38. The van der Waals surface area contributed by atoms with Gasteiger partial charge in [-0.2, -0.15) is 0 Å². The first-order chi connectivity index (χ1) is 7.13. The highest BCUT2D eigenvalue weighted by atomic mass is 79.9. The smallest absolute Gasteiger partial charge is 0.0604 e. The number of rotatable bonds is 2. The van der Waals surface area contributed by atoms with Gasteiger partial charge in [0.1, 0.15) is 0 Å². The van der Waals surface area contributed by atoms with E-state index in [1.165, 1.54) is 16.6 Å². The first-order valence-corrected chi connectivity index (χ1v) is 6.38. The van der Waals surface area contributed by atoms with Crippen molar-refractivity contribution in [2.24, 2.45) is 5.73 Å². The van der Waals surface area contributed by atoms with Crippen LogP contribution >= 0.6 is 31.9 Å². The van der Waals surface area contributed by atoms with Crippen molar-refractivity contribution in [1.82, 2.24) is 4.98 Å². The lowest BCUT2D eigenvalue weighted by Gasteiger charge is -2.00. The third kappa shape index (κ3) is 1.98. The number of halogens is 2. The summed E-state index contributed by atoms with van der Waals surface area (Å²) in [6.45, 7) is 2.77. The van der Waals surface area contributed by atoms with Gasteiger partial charge in [-0.15, -0.1) is 0 Å². The summed E-state index contributed by atoms with van der Waals surface area (Å²) in [5.41, 5.74) is 9.29. The zero-order valence-corrected chi connectivity index (χ0v) is 11.6. The molecule has 0 atom stereocenters. The van der Waals surface area contributed by atoms with E-state index in [9.17, 15) is 0 Å². The van der Waals surface area contributed by atoms with Gasteiger partial charge in [-0.3, -0.25) is 0 Å². The molecule has 1 aromatic carbocycles. The first kappa shape index (κ1) is 11.2. The zero-order chi connectivity index (χ0) is 11.0. The number of hydrogen-bond donors (Lipinski definition) is 2. The normalized spacial score (nSPS) is 11.2. The largest absolute Gasteiger partial charge is 0.357 e. The van der Waals surface area contributed by atoms with Crippen molar-refractivity contribution in [3.63, 3.8) is 0 Å². The Morgan fingerprint density at radius 3 is 2.73 bits per heavy atom. The molecule has 2 rings (SSSR count). The Kier molecular flexibility index (Phi) is 3.19. The highest BCUT2D eigenvalue weighted by molar-refractivity contribution is 9.11. The number of fused-ring (bicyclic) bond motifs is 1. The maximum absolute atomic E-state index is 5.62. The van der Waals surface area contributed by atoms with E-state index < -0.39 is 0 Å². The maximum Gasteiger partial charge on any atom is 0.0604 e. The van der Waals surface area contributed by atoms with Gasteiger partial charge in [-0.05, 0) is 53.5 Å². The Morgan fingerprint density at radius 2 is 2.07 bits per heavy atom. The molecular weight excluding hydrogens is 320 g/mol. The lowest BCUT2D eigenvalue weighted by molar-refractivity contribution is 0.963. The predicted molar refractivity (Wildman–Crippen MR) is 71.2 cm³/mol. The fourth-order valence-electron chi connectivity index (χ4n) is 1.87. The van der Waals surface area contributed by atoms with Crippen LogP contribution in [0.25, 0.3) is 10.9 Å². The molecule has 0 amide bonds. The van der Waals surface area contributed by atoms with Crippen molar-refractivity contribution in [3.05, 3.63) is 32.3 Å². The topological polar surface area (TPSA) is 41.8 Å². The molecule has 0 saturated carbocycles. The van der Waals surface area contributed by atoms with E-state index >= 15 is 0 Å². The van der Waals surface area contributed by atoms with Crippen molar-refractivity contribution in [3.8, 4) is 0 Å². The van der Waals surface area contributed by atoms with E-state index in [4.69, 9.17) is 5.73 Å². The van der Waals surface area contributed by atoms with E-state index in [0.29, 0.717) is 6.54 Å². The minimum Gasteiger partial charge on any atom is -0.357 e. The molecule has 2 nitrogen and oxygen atoms in total. The Bertz CT molecular complexity index is 503. The molecule has 0 fully saturated rings. The third-order valence-electron chi connectivity index (χ3n) is 2.54. The summed E-state index contributed by atoms with van der Waals surface area (Å²) in [5, 5.41) is 1.25. The van der Waals surface area contributed by atoms with E-state index in [1.54, 1.807) is 0 Å². The number of nitrogens with one attached hydrogen (secondary N) is 1. The highest BCUT2D eigenvalue weighted by Gasteiger charge is 2.10. The molecule has 0 spiro atoms. The van der Waals surface area contributed by atoms with Crippen LogP contribution < -0.4 is 5.73 Å². The third-order valence-corrected chi connectivity index (χ3v) is 3.62. The fraction of sp³-hybridized carbons (Fsp3) is 0.273. The Hall–Kier alpha value is -0.320. The second-order valence-electron chi connectivity index (χ2n) is 3.58. The average Bonchev–Trinajstić information content (AvgIpc) is 2.46. The van der Waals surface area contributed by atoms with Crippen molar-refractivity contribution >= 4 is 42.8 Å². The van der Waals surface area contributed by atoms with E-state index in [-0.39, 0.29) is 0 Å². The van der Waals surface area contributed by atoms with Gasteiger partial charge in [-0.25, -0.2) is 0 Å². The number of aromatic amines is 1. The first-order valence-electron chi connectivity index (χ1n) is 4.79. The van der Waals surface area contributed by atoms with Gasteiger partial charge in [0, 0.05) is 20.0 Å². The molecule has 0 unspecified atom stereocenters. The average molecular weight is 332 g/mol. The second kappa shape index (κ2) is 4.28. The summed E-state index contributed by atoms with van der Waals surface area (Å²) < 4.78 is 2.16. The van der Waals surface area contributed by atoms with Crippen LogP contribution in [0.3, 0.4) is 0 Å². The van der Waals surface area contributed by atoms with Crippen LogP contribution in [0.2, 0.25) is 0 Å².